The molecule has 0 spiro atoms. The summed E-state index contributed by atoms with van der Waals surface area (Å²) in [5.74, 6) is -0.263. The highest BCUT2D eigenvalue weighted by molar-refractivity contribution is 6.08. The summed E-state index contributed by atoms with van der Waals surface area (Å²) in [5, 5.41) is 3.13. The fraction of sp³-hybridized carbons (Fsp3) is 0.800. The topological polar surface area (TPSA) is 75.7 Å². The van der Waals surface area contributed by atoms with Gasteiger partial charge in [0.1, 0.15) is 5.54 Å². The van der Waals surface area contributed by atoms with Gasteiger partial charge >= 0.3 is 5.97 Å². The molecular formula is C15H22N2O4. The Balaban J connectivity index is 1.65. The second-order valence-electron chi connectivity index (χ2n) is 6.37. The van der Waals surface area contributed by atoms with Crippen LogP contribution >= 0.6 is 0 Å². The number of carbonyl (C=O) groups is 3. The Hall–Kier alpha value is -1.43. The summed E-state index contributed by atoms with van der Waals surface area (Å²) in [6.45, 7) is 0.426. The number of esters is 1. The Kier molecular flexibility index (Phi) is 3.51. The standard InChI is InChI=1S/C15H22N2O4/c1-16-15(14(20)21-2)6-3-4-9(15)5-7-17-12(18)10-8-11(10)13(17)19/h9-11,16H,3-8H2,1-2H3. The summed E-state index contributed by atoms with van der Waals surface area (Å²) in [5.41, 5.74) is -0.663. The predicted molar refractivity (Wildman–Crippen MR) is 74.1 cm³/mol. The largest absolute Gasteiger partial charge is 0.468 e. The molecule has 0 aromatic rings. The van der Waals surface area contributed by atoms with Gasteiger partial charge in [-0.1, -0.05) is 6.42 Å². The molecule has 3 rings (SSSR count). The summed E-state index contributed by atoms with van der Waals surface area (Å²) in [7, 11) is 3.18. The zero-order chi connectivity index (χ0) is 15.2. The highest BCUT2D eigenvalue weighted by Gasteiger charge is 2.59. The van der Waals surface area contributed by atoms with E-state index in [-0.39, 0.29) is 35.5 Å². The van der Waals surface area contributed by atoms with Crippen molar-refractivity contribution in [1.82, 2.24) is 10.2 Å². The SMILES string of the molecule is CNC1(C(=O)OC)CCCC1CCN1C(=O)C2CC2C1=O. The van der Waals surface area contributed by atoms with Crippen molar-refractivity contribution >= 4 is 17.8 Å². The lowest BCUT2D eigenvalue weighted by molar-refractivity contribution is -0.150. The van der Waals surface area contributed by atoms with E-state index in [0.717, 1.165) is 25.7 Å². The first kappa shape index (κ1) is 14.5. The molecule has 1 aliphatic heterocycles. The van der Waals surface area contributed by atoms with E-state index in [0.29, 0.717) is 13.0 Å². The zero-order valence-corrected chi connectivity index (χ0v) is 12.6. The molecule has 6 nitrogen and oxygen atoms in total. The quantitative estimate of drug-likeness (QED) is 0.583. The molecule has 21 heavy (non-hydrogen) atoms. The Bertz CT molecular complexity index is 472. The number of nitrogens with zero attached hydrogens (tertiary/aromatic N) is 1. The van der Waals surface area contributed by atoms with E-state index in [2.05, 4.69) is 5.32 Å². The van der Waals surface area contributed by atoms with E-state index in [1.165, 1.54) is 12.0 Å². The van der Waals surface area contributed by atoms with Crippen LogP contribution in [0.2, 0.25) is 0 Å². The van der Waals surface area contributed by atoms with Crippen molar-refractivity contribution in [2.45, 2.75) is 37.6 Å². The fourth-order valence-corrected chi connectivity index (χ4v) is 4.11. The molecule has 116 valence electrons. The van der Waals surface area contributed by atoms with Gasteiger partial charge in [-0.15, -0.1) is 0 Å². The Morgan fingerprint density at radius 2 is 2.05 bits per heavy atom. The second-order valence-corrected chi connectivity index (χ2v) is 6.37. The lowest BCUT2D eigenvalue weighted by atomic mass is 9.84. The van der Waals surface area contributed by atoms with Gasteiger partial charge < -0.3 is 10.1 Å². The van der Waals surface area contributed by atoms with Crippen LogP contribution < -0.4 is 5.32 Å². The monoisotopic (exact) mass is 294 g/mol. The van der Waals surface area contributed by atoms with Gasteiger partial charge in [-0.3, -0.25) is 19.3 Å². The van der Waals surface area contributed by atoms with Crippen molar-refractivity contribution < 1.29 is 19.1 Å². The number of likely N-dealkylation sites (tertiary alicyclic amines) is 1. The molecule has 1 N–H and O–H groups in total. The first-order valence-electron chi connectivity index (χ1n) is 7.67. The van der Waals surface area contributed by atoms with E-state index >= 15 is 0 Å². The first-order valence-corrected chi connectivity index (χ1v) is 7.67. The normalized spacial score (nSPS) is 37.8. The fourth-order valence-electron chi connectivity index (χ4n) is 4.11. The number of hydrogen-bond donors (Lipinski definition) is 1. The third-order valence-electron chi connectivity index (χ3n) is 5.47. The second kappa shape index (κ2) is 5.09. The van der Waals surface area contributed by atoms with Crippen molar-refractivity contribution in [1.29, 1.82) is 0 Å². The molecule has 0 aromatic carbocycles. The molecule has 2 amide bonds. The summed E-state index contributed by atoms with van der Waals surface area (Å²) < 4.78 is 4.95. The molecule has 6 heteroatoms. The maximum Gasteiger partial charge on any atom is 0.326 e. The van der Waals surface area contributed by atoms with Crippen LogP contribution in [0.25, 0.3) is 0 Å². The van der Waals surface area contributed by atoms with E-state index < -0.39 is 5.54 Å². The minimum atomic E-state index is -0.663. The van der Waals surface area contributed by atoms with Gasteiger partial charge in [-0.25, -0.2) is 0 Å². The highest BCUT2D eigenvalue weighted by atomic mass is 16.5. The molecule has 3 aliphatic rings. The van der Waals surface area contributed by atoms with Crippen LogP contribution in [-0.4, -0.2) is 48.9 Å². The molecular weight excluding hydrogens is 272 g/mol. The lowest BCUT2D eigenvalue weighted by Gasteiger charge is -2.33. The molecule has 1 heterocycles. The van der Waals surface area contributed by atoms with Crippen LogP contribution in [0.4, 0.5) is 0 Å². The summed E-state index contributed by atoms with van der Waals surface area (Å²) in [6.07, 6.45) is 4.01. The third kappa shape index (κ3) is 2.08. The van der Waals surface area contributed by atoms with E-state index in [4.69, 9.17) is 4.74 Å². The number of ether oxygens (including phenoxy) is 1. The minimum absolute atomic E-state index is 0.0175. The van der Waals surface area contributed by atoms with E-state index in [9.17, 15) is 14.4 Å². The minimum Gasteiger partial charge on any atom is -0.468 e. The molecule has 0 aromatic heterocycles. The van der Waals surface area contributed by atoms with Gasteiger partial charge in [0.2, 0.25) is 11.8 Å². The molecule has 2 saturated carbocycles. The van der Waals surface area contributed by atoms with Crippen molar-refractivity contribution in [3.8, 4) is 0 Å². The van der Waals surface area contributed by atoms with Crippen molar-refractivity contribution in [2.75, 3.05) is 20.7 Å². The van der Waals surface area contributed by atoms with Crippen LogP contribution in [0.15, 0.2) is 0 Å². The van der Waals surface area contributed by atoms with Gasteiger partial charge in [-0.05, 0) is 38.6 Å². The van der Waals surface area contributed by atoms with Crippen molar-refractivity contribution in [3.63, 3.8) is 0 Å². The van der Waals surface area contributed by atoms with Crippen molar-refractivity contribution in [2.24, 2.45) is 17.8 Å². The molecule has 4 unspecified atom stereocenters. The number of methoxy groups -OCH3 is 1. The predicted octanol–water partition coefficient (Wildman–Crippen LogP) is 0.313. The van der Waals surface area contributed by atoms with Crippen LogP contribution in [-0.2, 0) is 19.1 Å². The third-order valence-corrected chi connectivity index (χ3v) is 5.47. The summed E-state index contributed by atoms with van der Waals surface area (Å²) in [4.78, 5) is 37.5. The number of rotatable bonds is 5. The number of piperidine rings is 1. The molecule has 0 bridgehead atoms. The Morgan fingerprint density at radius 3 is 2.62 bits per heavy atom. The average molecular weight is 294 g/mol. The smallest absolute Gasteiger partial charge is 0.326 e. The van der Waals surface area contributed by atoms with E-state index in [1.54, 1.807) is 7.05 Å². The molecule has 3 fully saturated rings. The summed E-state index contributed by atoms with van der Waals surface area (Å²) >= 11 is 0. The number of amides is 2. The molecule has 4 atom stereocenters. The van der Waals surface area contributed by atoms with Crippen LogP contribution in [0.3, 0.4) is 0 Å². The molecule has 0 radical (unpaired) electrons. The van der Waals surface area contributed by atoms with Gasteiger partial charge in [0.05, 0.1) is 18.9 Å². The van der Waals surface area contributed by atoms with Gasteiger partial charge in [0.25, 0.3) is 0 Å². The lowest BCUT2D eigenvalue weighted by Crippen LogP contribution is -2.54. The average Bonchev–Trinajstić information content (AvgIpc) is 3.13. The number of fused-ring (bicyclic) bond motifs is 1. The number of nitrogens with one attached hydrogen (secondary N) is 1. The van der Waals surface area contributed by atoms with Gasteiger partial charge in [0, 0.05) is 6.54 Å². The summed E-state index contributed by atoms with van der Waals surface area (Å²) in [6, 6.07) is 0. The maximum absolute atomic E-state index is 12.1. The number of likely N-dealkylation sites (N-methyl/N-ethyl adjacent to an activating group) is 1. The van der Waals surface area contributed by atoms with Crippen LogP contribution in [0, 0.1) is 17.8 Å². The molecule has 2 aliphatic carbocycles. The Labute approximate surface area is 124 Å². The van der Waals surface area contributed by atoms with Gasteiger partial charge in [0.15, 0.2) is 0 Å². The molecule has 1 saturated heterocycles. The number of imide groups is 1. The first-order chi connectivity index (χ1) is 10.0. The Morgan fingerprint density at radius 1 is 1.38 bits per heavy atom. The van der Waals surface area contributed by atoms with Crippen LogP contribution in [0.1, 0.15) is 32.1 Å². The van der Waals surface area contributed by atoms with Crippen LogP contribution in [0.5, 0.6) is 0 Å². The van der Waals surface area contributed by atoms with E-state index in [1.807, 2.05) is 0 Å². The van der Waals surface area contributed by atoms with Gasteiger partial charge in [-0.2, -0.15) is 0 Å². The highest BCUT2D eigenvalue weighted by Crippen LogP contribution is 2.47. The maximum atomic E-state index is 12.1. The number of carbonyl (C=O) groups excluding carboxylic acids is 3. The van der Waals surface area contributed by atoms with Crippen molar-refractivity contribution in [3.05, 3.63) is 0 Å². The number of hydrogen-bond acceptors (Lipinski definition) is 5. The zero-order valence-electron chi connectivity index (χ0n) is 12.6.